The van der Waals surface area contributed by atoms with Gasteiger partial charge in [-0.25, -0.2) is 4.98 Å². The minimum Gasteiger partial charge on any atom is -0.469 e. The van der Waals surface area contributed by atoms with E-state index in [0.717, 1.165) is 24.2 Å². The second kappa shape index (κ2) is 3.25. The molecule has 0 aliphatic heterocycles. The van der Waals surface area contributed by atoms with Gasteiger partial charge < -0.3 is 4.42 Å². The summed E-state index contributed by atoms with van der Waals surface area (Å²) < 4.78 is 7.80. The van der Waals surface area contributed by atoms with Gasteiger partial charge in [-0.3, -0.25) is 4.40 Å². The van der Waals surface area contributed by atoms with E-state index in [9.17, 15) is 0 Å². The Morgan fingerprint density at radius 2 is 2.11 bits per heavy atom. The van der Waals surface area contributed by atoms with Crippen LogP contribution in [0.3, 0.4) is 0 Å². The van der Waals surface area contributed by atoms with Crippen LogP contribution in [-0.2, 0) is 12.8 Å². The molecule has 0 saturated heterocycles. The molecule has 0 aromatic carbocycles. The molecule has 0 spiro atoms. The minimum atomic E-state index is 0.956. The topological polar surface area (TPSA) is 30.4 Å². The first-order valence-corrected chi connectivity index (χ1v) is 6.29. The lowest BCUT2D eigenvalue weighted by Crippen LogP contribution is -2.03. The van der Waals surface area contributed by atoms with Gasteiger partial charge in [-0.05, 0) is 44.0 Å². The highest BCUT2D eigenvalue weighted by Gasteiger charge is 2.24. The molecule has 3 aromatic heterocycles. The van der Waals surface area contributed by atoms with Crippen molar-refractivity contribution >= 4 is 5.65 Å². The van der Waals surface area contributed by atoms with Gasteiger partial charge in [-0.1, -0.05) is 0 Å². The molecule has 3 nitrogen and oxygen atoms in total. The summed E-state index contributed by atoms with van der Waals surface area (Å²) in [7, 11) is 0. The van der Waals surface area contributed by atoms with Crippen molar-refractivity contribution in [1.29, 1.82) is 0 Å². The van der Waals surface area contributed by atoms with Crippen LogP contribution in [0.1, 0.15) is 22.7 Å². The van der Waals surface area contributed by atoms with Crippen molar-refractivity contribution in [3.8, 4) is 11.3 Å². The lowest BCUT2D eigenvalue weighted by molar-refractivity contribution is 0.506. The van der Waals surface area contributed by atoms with Gasteiger partial charge in [0.25, 0.3) is 0 Å². The number of aromatic nitrogens is 2. The summed E-state index contributed by atoms with van der Waals surface area (Å²) in [5, 5.41) is 0. The Labute approximate surface area is 105 Å². The van der Waals surface area contributed by atoms with Gasteiger partial charge in [0.05, 0.1) is 17.7 Å². The molecule has 0 atom stereocenters. The SMILES string of the molecule is Cc1cc(C)n2c3c(nc2c1)CCc1occc1-3. The van der Waals surface area contributed by atoms with Gasteiger partial charge in [0.2, 0.25) is 0 Å². The lowest BCUT2D eigenvalue weighted by Gasteiger charge is -2.12. The molecule has 0 radical (unpaired) electrons. The summed E-state index contributed by atoms with van der Waals surface area (Å²) in [5.41, 5.74) is 7.15. The van der Waals surface area contributed by atoms with Crippen molar-refractivity contribution in [1.82, 2.24) is 9.38 Å². The van der Waals surface area contributed by atoms with E-state index < -0.39 is 0 Å². The number of hydrogen-bond acceptors (Lipinski definition) is 2. The van der Waals surface area contributed by atoms with Crippen molar-refractivity contribution < 1.29 is 4.42 Å². The van der Waals surface area contributed by atoms with Crippen LogP contribution >= 0.6 is 0 Å². The maximum atomic E-state index is 5.55. The molecule has 0 saturated carbocycles. The van der Waals surface area contributed by atoms with Gasteiger partial charge in [-0.15, -0.1) is 0 Å². The van der Waals surface area contributed by atoms with Crippen LogP contribution < -0.4 is 0 Å². The number of imidazole rings is 1. The maximum Gasteiger partial charge on any atom is 0.137 e. The third-order valence-corrected chi connectivity index (χ3v) is 3.71. The first-order chi connectivity index (χ1) is 8.74. The second-order valence-corrected chi connectivity index (χ2v) is 5.03. The first kappa shape index (κ1) is 9.95. The second-order valence-electron chi connectivity index (χ2n) is 5.03. The van der Waals surface area contributed by atoms with Crippen LogP contribution in [0.4, 0.5) is 0 Å². The Bertz CT molecular complexity index is 764. The van der Waals surface area contributed by atoms with Crippen LogP contribution in [0.15, 0.2) is 28.9 Å². The van der Waals surface area contributed by atoms with Crippen molar-refractivity contribution in [2.45, 2.75) is 26.7 Å². The van der Waals surface area contributed by atoms with Crippen molar-refractivity contribution in [2.75, 3.05) is 0 Å². The summed E-state index contributed by atoms with van der Waals surface area (Å²) in [4.78, 5) is 4.77. The first-order valence-electron chi connectivity index (χ1n) is 6.29. The predicted octanol–water partition coefficient (Wildman–Crippen LogP) is 3.31. The average molecular weight is 238 g/mol. The molecule has 4 rings (SSSR count). The fraction of sp³-hybridized carbons (Fsp3) is 0.267. The zero-order valence-corrected chi connectivity index (χ0v) is 10.5. The molecular formula is C15H14N2O. The molecule has 0 unspecified atom stereocenters. The van der Waals surface area contributed by atoms with Crippen molar-refractivity contribution in [2.24, 2.45) is 0 Å². The fourth-order valence-electron chi connectivity index (χ4n) is 3.01. The number of furan rings is 1. The quantitative estimate of drug-likeness (QED) is 0.601. The Kier molecular flexibility index (Phi) is 1.80. The highest BCUT2D eigenvalue weighted by molar-refractivity contribution is 5.71. The molecule has 90 valence electrons. The lowest BCUT2D eigenvalue weighted by atomic mass is 9.99. The molecule has 3 heterocycles. The zero-order chi connectivity index (χ0) is 12.3. The third-order valence-electron chi connectivity index (χ3n) is 3.71. The summed E-state index contributed by atoms with van der Waals surface area (Å²) in [6.07, 6.45) is 3.70. The van der Waals surface area contributed by atoms with Gasteiger partial charge in [-0.2, -0.15) is 0 Å². The van der Waals surface area contributed by atoms with E-state index in [1.165, 1.54) is 28.2 Å². The molecule has 3 heteroatoms. The van der Waals surface area contributed by atoms with E-state index in [1.54, 1.807) is 6.26 Å². The maximum absolute atomic E-state index is 5.55. The predicted molar refractivity (Wildman–Crippen MR) is 69.8 cm³/mol. The van der Waals surface area contributed by atoms with Gasteiger partial charge in [0.15, 0.2) is 0 Å². The number of nitrogens with zero attached hydrogens (tertiary/aromatic N) is 2. The highest BCUT2D eigenvalue weighted by Crippen LogP contribution is 2.35. The van der Waals surface area contributed by atoms with Crippen LogP contribution in [0.5, 0.6) is 0 Å². The zero-order valence-electron chi connectivity index (χ0n) is 10.5. The van der Waals surface area contributed by atoms with Crippen LogP contribution in [0.25, 0.3) is 16.9 Å². The van der Waals surface area contributed by atoms with Crippen molar-refractivity contribution in [3.05, 3.63) is 47.2 Å². The number of aryl methyl sites for hydroxylation is 4. The number of fused-ring (bicyclic) bond motifs is 5. The number of pyridine rings is 1. The molecule has 18 heavy (non-hydrogen) atoms. The van der Waals surface area contributed by atoms with Gasteiger partial charge in [0.1, 0.15) is 11.4 Å². The molecule has 0 N–H and O–H groups in total. The van der Waals surface area contributed by atoms with E-state index in [2.05, 4.69) is 36.4 Å². The van der Waals surface area contributed by atoms with E-state index in [1.807, 2.05) is 0 Å². The third kappa shape index (κ3) is 1.16. The van der Waals surface area contributed by atoms with E-state index in [0.29, 0.717) is 0 Å². The molecule has 1 aliphatic carbocycles. The highest BCUT2D eigenvalue weighted by atomic mass is 16.3. The summed E-state index contributed by atoms with van der Waals surface area (Å²) in [6.45, 7) is 4.25. The van der Waals surface area contributed by atoms with Crippen LogP contribution in [0, 0.1) is 13.8 Å². The monoisotopic (exact) mass is 238 g/mol. The van der Waals surface area contributed by atoms with Crippen LogP contribution in [-0.4, -0.2) is 9.38 Å². The molecule has 1 aliphatic rings. The number of hydrogen-bond donors (Lipinski definition) is 0. The largest absolute Gasteiger partial charge is 0.469 e. The molecule has 0 amide bonds. The van der Waals surface area contributed by atoms with E-state index in [-0.39, 0.29) is 0 Å². The Balaban J connectivity index is 2.16. The van der Waals surface area contributed by atoms with Crippen molar-refractivity contribution in [3.63, 3.8) is 0 Å². The molecule has 0 fully saturated rings. The minimum absolute atomic E-state index is 0.956. The Hall–Kier alpha value is -2.03. The Morgan fingerprint density at radius 3 is 3.00 bits per heavy atom. The number of rotatable bonds is 0. The van der Waals surface area contributed by atoms with E-state index in [4.69, 9.17) is 9.40 Å². The molecule has 0 bridgehead atoms. The normalized spacial score (nSPS) is 13.7. The Morgan fingerprint density at radius 1 is 1.22 bits per heavy atom. The average Bonchev–Trinajstić information content (AvgIpc) is 2.89. The standard InChI is InChI=1S/C15H14N2O/c1-9-7-10(2)17-14(8-9)16-12-3-4-13-11(15(12)17)5-6-18-13/h5-8H,3-4H2,1-2H3. The van der Waals surface area contributed by atoms with Gasteiger partial charge in [0, 0.05) is 17.7 Å². The molecular weight excluding hydrogens is 224 g/mol. The van der Waals surface area contributed by atoms with Gasteiger partial charge >= 0.3 is 0 Å². The van der Waals surface area contributed by atoms with Crippen LogP contribution in [0.2, 0.25) is 0 Å². The summed E-state index contributed by atoms with van der Waals surface area (Å²) in [6, 6.07) is 6.40. The fourth-order valence-corrected chi connectivity index (χ4v) is 3.01. The van der Waals surface area contributed by atoms with E-state index >= 15 is 0 Å². The smallest absolute Gasteiger partial charge is 0.137 e. The summed E-state index contributed by atoms with van der Waals surface area (Å²) in [5.74, 6) is 1.09. The molecule has 3 aromatic rings. The summed E-state index contributed by atoms with van der Waals surface area (Å²) >= 11 is 0.